The summed E-state index contributed by atoms with van der Waals surface area (Å²) in [7, 11) is 3.27. The smallest absolute Gasteiger partial charge is 0.306 e. The van der Waals surface area contributed by atoms with Crippen molar-refractivity contribution in [2.45, 2.75) is 6.42 Å². The molecule has 1 aliphatic rings. The zero-order valence-corrected chi connectivity index (χ0v) is 13.9. The largest absolute Gasteiger partial charge is 0.469 e. The van der Waals surface area contributed by atoms with E-state index in [9.17, 15) is 9.59 Å². The molecule has 0 saturated carbocycles. The van der Waals surface area contributed by atoms with Crippen LogP contribution >= 0.6 is 15.9 Å². The van der Waals surface area contributed by atoms with E-state index in [-0.39, 0.29) is 11.9 Å². The summed E-state index contributed by atoms with van der Waals surface area (Å²) in [6.07, 6.45) is 2.27. The number of hydrogen-bond acceptors (Lipinski definition) is 4. The second-order valence-corrected chi connectivity index (χ2v) is 6.03. The molecule has 0 unspecified atom stereocenters. The Bertz CT molecular complexity index is 522. The lowest BCUT2D eigenvalue weighted by Gasteiger charge is -2.34. The van der Waals surface area contributed by atoms with Gasteiger partial charge in [-0.1, -0.05) is 0 Å². The third kappa shape index (κ3) is 4.07. The number of carbonyl (C=O) groups excluding carboxylic acids is 2. The van der Waals surface area contributed by atoms with E-state index in [0.717, 1.165) is 17.6 Å². The Balaban J connectivity index is 1.85. The van der Waals surface area contributed by atoms with Crippen molar-refractivity contribution in [2.75, 3.05) is 39.8 Å². The molecule has 116 valence electrons. The summed E-state index contributed by atoms with van der Waals surface area (Å²) in [4.78, 5) is 27.6. The number of hydrogen-bond donors (Lipinski definition) is 0. The van der Waals surface area contributed by atoms with Crippen LogP contribution in [0.25, 0.3) is 0 Å². The Labute approximate surface area is 132 Å². The third-order valence-corrected chi connectivity index (χ3v) is 4.14. The summed E-state index contributed by atoms with van der Waals surface area (Å²) in [6.45, 7) is 3.62. The Hall–Kier alpha value is -1.34. The normalized spacial score (nSPS) is 16.0. The molecule has 1 aliphatic heterocycles. The molecular formula is C14H20BrN3O3. The molecule has 1 saturated heterocycles. The lowest BCUT2D eigenvalue weighted by Crippen LogP contribution is -2.49. The first-order valence-corrected chi connectivity index (χ1v) is 7.71. The zero-order valence-electron chi connectivity index (χ0n) is 12.3. The maximum atomic E-state index is 12.4. The van der Waals surface area contributed by atoms with Crippen LogP contribution in [0.15, 0.2) is 16.7 Å². The fourth-order valence-electron chi connectivity index (χ4n) is 2.42. The number of methoxy groups -OCH3 is 1. The minimum absolute atomic E-state index is 0.0517. The summed E-state index contributed by atoms with van der Waals surface area (Å²) in [5.41, 5.74) is 0.685. The van der Waals surface area contributed by atoms with Gasteiger partial charge in [0.2, 0.25) is 0 Å². The topological polar surface area (TPSA) is 54.8 Å². The van der Waals surface area contributed by atoms with Gasteiger partial charge >= 0.3 is 5.97 Å². The lowest BCUT2D eigenvalue weighted by atomic mass is 10.2. The Morgan fingerprint density at radius 1 is 1.29 bits per heavy atom. The molecule has 1 amide bonds. The quantitative estimate of drug-likeness (QED) is 0.757. The molecule has 2 rings (SSSR count). The Morgan fingerprint density at radius 2 is 1.95 bits per heavy atom. The van der Waals surface area contributed by atoms with Crippen LogP contribution in [0.3, 0.4) is 0 Å². The third-order valence-electron chi connectivity index (χ3n) is 3.71. The standard InChI is InChI=1S/C14H20BrN3O3/c1-16-10-11(15)9-12(16)14(20)18-7-5-17(6-8-18)4-3-13(19)21-2/h9-10H,3-8H2,1-2H3. The molecule has 0 bridgehead atoms. The molecular weight excluding hydrogens is 338 g/mol. The number of aryl methyl sites for hydroxylation is 1. The molecule has 0 spiro atoms. The van der Waals surface area contributed by atoms with E-state index in [2.05, 4.69) is 25.6 Å². The van der Waals surface area contributed by atoms with Gasteiger partial charge in [0.25, 0.3) is 5.91 Å². The molecule has 1 aromatic heterocycles. The van der Waals surface area contributed by atoms with E-state index in [0.29, 0.717) is 31.7 Å². The lowest BCUT2D eigenvalue weighted by molar-refractivity contribution is -0.141. The van der Waals surface area contributed by atoms with Crippen molar-refractivity contribution < 1.29 is 14.3 Å². The van der Waals surface area contributed by atoms with Crippen LogP contribution in [0.2, 0.25) is 0 Å². The van der Waals surface area contributed by atoms with E-state index < -0.39 is 0 Å². The first-order chi connectivity index (χ1) is 10.0. The highest BCUT2D eigenvalue weighted by molar-refractivity contribution is 9.10. The van der Waals surface area contributed by atoms with E-state index in [1.165, 1.54) is 7.11 Å². The SMILES string of the molecule is COC(=O)CCN1CCN(C(=O)c2cc(Br)cn2C)CC1. The van der Waals surface area contributed by atoms with Crippen molar-refractivity contribution >= 4 is 27.8 Å². The summed E-state index contributed by atoms with van der Waals surface area (Å²) in [5, 5.41) is 0. The molecule has 2 heterocycles. The average molecular weight is 358 g/mol. The maximum Gasteiger partial charge on any atom is 0.306 e. The Morgan fingerprint density at radius 3 is 2.48 bits per heavy atom. The summed E-state index contributed by atoms with van der Waals surface area (Å²) in [5.74, 6) is -0.141. The van der Waals surface area contributed by atoms with Crippen molar-refractivity contribution in [3.8, 4) is 0 Å². The molecule has 6 nitrogen and oxygen atoms in total. The van der Waals surface area contributed by atoms with Gasteiger partial charge in [-0.25, -0.2) is 0 Å². The number of carbonyl (C=O) groups is 2. The van der Waals surface area contributed by atoms with Gasteiger partial charge in [-0.3, -0.25) is 14.5 Å². The first-order valence-electron chi connectivity index (χ1n) is 6.91. The molecule has 0 aromatic carbocycles. The molecule has 0 N–H and O–H groups in total. The number of rotatable bonds is 4. The van der Waals surface area contributed by atoms with Gasteiger partial charge in [0.05, 0.1) is 13.5 Å². The monoisotopic (exact) mass is 357 g/mol. The molecule has 7 heteroatoms. The number of esters is 1. The van der Waals surface area contributed by atoms with Crippen molar-refractivity contribution in [2.24, 2.45) is 7.05 Å². The highest BCUT2D eigenvalue weighted by Crippen LogP contribution is 2.16. The summed E-state index contributed by atoms with van der Waals surface area (Å²) >= 11 is 3.38. The van der Waals surface area contributed by atoms with Gasteiger partial charge in [0.15, 0.2) is 0 Å². The van der Waals surface area contributed by atoms with Gasteiger partial charge in [-0.05, 0) is 22.0 Å². The summed E-state index contributed by atoms with van der Waals surface area (Å²) < 4.78 is 7.37. The van der Waals surface area contributed by atoms with Crippen LogP contribution in [-0.4, -0.2) is 66.1 Å². The number of amides is 1. The summed E-state index contributed by atoms with van der Waals surface area (Å²) in [6, 6.07) is 1.84. The molecule has 21 heavy (non-hydrogen) atoms. The minimum atomic E-state index is -0.192. The number of halogens is 1. The molecule has 1 fully saturated rings. The van der Waals surface area contributed by atoms with Crippen LogP contribution in [0.1, 0.15) is 16.9 Å². The van der Waals surface area contributed by atoms with Crippen LogP contribution in [0, 0.1) is 0 Å². The number of piperazine rings is 1. The van der Waals surface area contributed by atoms with Crippen molar-refractivity contribution in [1.82, 2.24) is 14.4 Å². The van der Waals surface area contributed by atoms with E-state index in [1.807, 2.05) is 28.8 Å². The molecule has 0 radical (unpaired) electrons. The fourth-order valence-corrected chi connectivity index (χ4v) is 2.95. The van der Waals surface area contributed by atoms with Crippen LogP contribution in [-0.2, 0) is 16.6 Å². The van der Waals surface area contributed by atoms with Crippen LogP contribution in [0.4, 0.5) is 0 Å². The predicted molar refractivity (Wildman–Crippen MR) is 82.1 cm³/mol. The van der Waals surface area contributed by atoms with Crippen molar-refractivity contribution in [3.63, 3.8) is 0 Å². The number of aromatic nitrogens is 1. The van der Waals surface area contributed by atoms with E-state index in [1.54, 1.807) is 0 Å². The molecule has 0 atom stereocenters. The Kier molecular flexibility index (Phi) is 5.41. The predicted octanol–water partition coefficient (Wildman–Crippen LogP) is 1.11. The highest BCUT2D eigenvalue weighted by atomic mass is 79.9. The van der Waals surface area contributed by atoms with Gasteiger partial charge in [0, 0.05) is 50.4 Å². The minimum Gasteiger partial charge on any atom is -0.469 e. The second-order valence-electron chi connectivity index (χ2n) is 5.11. The fraction of sp³-hybridized carbons (Fsp3) is 0.571. The maximum absolute atomic E-state index is 12.4. The van der Waals surface area contributed by atoms with Gasteiger partial charge < -0.3 is 14.2 Å². The molecule has 1 aromatic rings. The molecule has 0 aliphatic carbocycles. The van der Waals surface area contributed by atoms with Crippen LogP contribution < -0.4 is 0 Å². The van der Waals surface area contributed by atoms with Gasteiger partial charge in [0.1, 0.15) is 5.69 Å². The van der Waals surface area contributed by atoms with E-state index >= 15 is 0 Å². The van der Waals surface area contributed by atoms with Crippen molar-refractivity contribution in [3.05, 3.63) is 22.4 Å². The van der Waals surface area contributed by atoms with Gasteiger partial charge in [-0.2, -0.15) is 0 Å². The average Bonchev–Trinajstić information content (AvgIpc) is 2.83. The first kappa shape index (κ1) is 16.0. The number of nitrogens with zero attached hydrogens (tertiary/aromatic N) is 3. The zero-order chi connectivity index (χ0) is 15.4. The van der Waals surface area contributed by atoms with Gasteiger partial charge in [-0.15, -0.1) is 0 Å². The second kappa shape index (κ2) is 7.09. The highest BCUT2D eigenvalue weighted by Gasteiger charge is 2.24. The van der Waals surface area contributed by atoms with E-state index in [4.69, 9.17) is 0 Å². The number of ether oxygens (including phenoxy) is 1. The van der Waals surface area contributed by atoms with Crippen LogP contribution in [0.5, 0.6) is 0 Å². The van der Waals surface area contributed by atoms with Crippen molar-refractivity contribution in [1.29, 1.82) is 0 Å².